The Morgan fingerprint density at radius 2 is 2.20 bits per heavy atom. The number of nitro groups is 1. The minimum atomic E-state index is -0.584. The van der Waals surface area contributed by atoms with Crippen LogP contribution in [0.4, 0.5) is 5.69 Å². The van der Waals surface area contributed by atoms with Gasteiger partial charge in [-0.2, -0.15) is 5.10 Å². The van der Waals surface area contributed by atoms with Crippen molar-refractivity contribution >= 4 is 11.6 Å². The van der Waals surface area contributed by atoms with Gasteiger partial charge < -0.3 is 10.1 Å². The first-order valence-corrected chi connectivity index (χ1v) is 8.23. The Bertz CT molecular complexity index is 757. The molecule has 2 aromatic rings. The van der Waals surface area contributed by atoms with E-state index in [4.69, 9.17) is 4.74 Å². The van der Waals surface area contributed by atoms with Crippen molar-refractivity contribution in [3.8, 4) is 5.75 Å². The van der Waals surface area contributed by atoms with Gasteiger partial charge in [0.25, 0.3) is 5.91 Å². The average Bonchev–Trinajstić information content (AvgIpc) is 3.00. The van der Waals surface area contributed by atoms with E-state index in [1.54, 1.807) is 6.92 Å². The number of aryl methyl sites for hydroxylation is 1. The van der Waals surface area contributed by atoms with Crippen molar-refractivity contribution < 1.29 is 14.5 Å². The fourth-order valence-electron chi connectivity index (χ4n) is 2.54. The summed E-state index contributed by atoms with van der Waals surface area (Å²) in [5.74, 6) is 0.122. The molecule has 1 unspecified atom stereocenters. The van der Waals surface area contributed by atoms with E-state index >= 15 is 0 Å². The predicted molar refractivity (Wildman–Crippen MR) is 92.7 cm³/mol. The lowest BCUT2D eigenvalue weighted by atomic mass is 10.1. The summed E-state index contributed by atoms with van der Waals surface area (Å²) in [5.41, 5.74) is 0.755. The molecule has 134 valence electrons. The number of nitrogens with one attached hydrogen (secondary N) is 2. The van der Waals surface area contributed by atoms with E-state index in [0.717, 1.165) is 5.56 Å². The predicted octanol–water partition coefficient (Wildman–Crippen LogP) is 3.16. The molecule has 1 aromatic carbocycles. The quantitative estimate of drug-likeness (QED) is 0.563. The highest BCUT2D eigenvalue weighted by atomic mass is 16.6. The summed E-state index contributed by atoms with van der Waals surface area (Å²) >= 11 is 0. The van der Waals surface area contributed by atoms with Crippen molar-refractivity contribution in [3.63, 3.8) is 0 Å². The Morgan fingerprint density at radius 1 is 1.44 bits per heavy atom. The number of ether oxygens (including phenoxy) is 1. The van der Waals surface area contributed by atoms with Gasteiger partial charge in [-0.15, -0.1) is 0 Å². The second-order valence-electron chi connectivity index (χ2n) is 5.61. The number of benzene rings is 1. The summed E-state index contributed by atoms with van der Waals surface area (Å²) < 4.78 is 5.45. The average molecular weight is 346 g/mol. The Kier molecular flexibility index (Phi) is 6.10. The number of H-pyrrole nitrogens is 1. The van der Waals surface area contributed by atoms with Crippen molar-refractivity contribution in [1.29, 1.82) is 0 Å². The molecule has 1 aromatic heterocycles. The maximum absolute atomic E-state index is 12.5. The van der Waals surface area contributed by atoms with Crippen molar-refractivity contribution in [3.05, 3.63) is 51.3 Å². The fourth-order valence-corrected chi connectivity index (χ4v) is 2.54. The number of aromatic nitrogens is 2. The second kappa shape index (κ2) is 8.27. The number of hydrogen-bond acceptors (Lipinski definition) is 5. The molecule has 25 heavy (non-hydrogen) atoms. The van der Waals surface area contributed by atoms with Crippen molar-refractivity contribution in [2.75, 3.05) is 6.61 Å². The highest BCUT2D eigenvalue weighted by Crippen LogP contribution is 2.24. The van der Waals surface area contributed by atoms with Crippen LogP contribution in [0.2, 0.25) is 0 Å². The molecule has 2 rings (SSSR count). The zero-order valence-electron chi connectivity index (χ0n) is 14.5. The van der Waals surface area contributed by atoms with Crippen LogP contribution in [0.1, 0.15) is 55.0 Å². The van der Waals surface area contributed by atoms with Crippen LogP contribution >= 0.6 is 0 Å². The molecule has 0 aliphatic heterocycles. The summed E-state index contributed by atoms with van der Waals surface area (Å²) in [7, 11) is 0. The van der Waals surface area contributed by atoms with E-state index in [2.05, 4.69) is 15.5 Å². The molecular weight excluding hydrogens is 324 g/mol. The monoisotopic (exact) mass is 346 g/mol. The van der Waals surface area contributed by atoms with Gasteiger partial charge in [0, 0.05) is 0 Å². The van der Waals surface area contributed by atoms with Crippen molar-refractivity contribution in [2.45, 2.75) is 39.7 Å². The highest BCUT2D eigenvalue weighted by molar-refractivity contribution is 5.96. The van der Waals surface area contributed by atoms with Crippen molar-refractivity contribution in [1.82, 2.24) is 15.5 Å². The van der Waals surface area contributed by atoms with Gasteiger partial charge in [0.05, 0.1) is 17.6 Å². The maximum Gasteiger partial charge on any atom is 0.322 e. The van der Waals surface area contributed by atoms with Gasteiger partial charge in [-0.05, 0) is 38.0 Å². The van der Waals surface area contributed by atoms with Gasteiger partial charge in [0.2, 0.25) is 5.69 Å². The van der Waals surface area contributed by atoms with Gasteiger partial charge in [-0.25, -0.2) is 0 Å². The minimum Gasteiger partial charge on any atom is -0.494 e. The lowest BCUT2D eigenvalue weighted by molar-refractivity contribution is -0.385. The summed E-state index contributed by atoms with van der Waals surface area (Å²) in [4.78, 5) is 23.2. The van der Waals surface area contributed by atoms with Crippen LogP contribution < -0.4 is 10.1 Å². The van der Waals surface area contributed by atoms with E-state index in [1.807, 2.05) is 38.1 Å². The largest absolute Gasteiger partial charge is 0.494 e. The van der Waals surface area contributed by atoms with E-state index < -0.39 is 10.8 Å². The third-order valence-electron chi connectivity index (χ3n) is 3.73. The molecule has 0 fully saturated rings. The molecule has 8 nitrogen and oxygen atoms in total. The molecule has 0 aliphatic rings. The standard InChI is InChI=1S/C17H22N4O4/c1-4-7-14-16(21(23)24)15(20-19-14)17(22)18-11(3)12-8-6-9-13(10-12)25-5-2/h6,8-11H,4-5,7H2,1-3H3,(H,18,22)(H,19,20). The fraction of sp³-hybridized carbons (Fsp3) is 0.412. The van der Waals surface area contributed by atoms with Crippen LogP contribution in [0.3, 0.4) is 0 Å². The first kappa shape index (κ1) is 18.4. The first-order chi connectivity index (χ1) is 12.0. The molecular formula is C17H22N4O4. The topological polar surface area (TPSA) is 110 Å². The van der Waals surface area contributed by atoms with Crippen LogP contribution in [0.5, 0.6) is 5.75 Å². The van der Waals surface area contributed by atoms with E-state index in [0.29, 0.717) is 30.9 Å². The molecule has 0 spiro atoms. The number of carbonyl (C=O) groups is 1. The third kappa shape index (κ3) is 4.34. The molecule has 1 amide bonds. The molecule has 2 N–H and O–H groups in total. The molecule has 0 radical (unpaired) electrons. The summed E-state index contributed by atoms with van der Waals surface area (Å²) in [6.45, 7) is 6.14. The van der Waals surface area contributed by atoms with Crippen LogP contribution in [-0.4, -0.2) is 27.6 Å². The van der Waals surface area contributed by atoms with Gasteiger partial charge in [-0.1, -0.05) is 25.5 Å². The molecule has 1 atom stereocenters. The van der Waals surface area contributed by atoms with Crippen LogP contribution in [0.15, 0.2) is 24.3 Å². The lowest BCUT2D eigenvalue weighted by Gasteiger charge is -2.14. The SMILES string of the molecule is CCCc1[nH]nc(C(=O)NC(C)c2cccc(OCC)c2)c1[N+](=O)[O-]. The van der Waals surface area contributed by atoms with Gasteiger partial charge in [-0.3, -0.25) is 20.0 Å². The Hall–Kier alpha value is -2.90. The Balaban J connectivity index is 2.19. The normalized spacial score (nSPS) is 11.8. The molecule has 8 heteroatoms. The first-order valence-electron chi connectivity index (χ1n) is 8.23. The second-order valence-corrected chi connectivity index (χ2v) is 5.61. The van der Waals surface area contributed by atoms with E-state index in [9.17, 15) is 14.9 Å². The van der Waals surface area contributed by atoms with E-state index in [-0.39, 0.29) is 17.4 Å². The van der Waals surface area contributed by atoms with Crippen molar-refractivity contribution in [2.24, 2.45) is 0 Å². The van der Waals surface area contributed by atoms with Gasteiger partial charge in [0.15, 0.2) is 0 Å². The van der Waals surface area contributed by atoms with Crippen LogP contribution in [0, 0.1) is 10.1 Å². The molecule has 0 bridgehead atoms. The number of hydrogen-bond donors (Lipinski definition) is 2. The highest BCUT2D eigenvalue weighted by Gasteiger charge is 2.29. The number of nitrogens with zero attached hydrogens (tertiary/aromatic N) is 2. The Labute approximate surface area is 145 Å². The summed E-state index contributed by atoms with van der Waals surface area (Å²) in [5, 5.41) is 20.5. The number of aromatic amines is 1. The van der Waals surface area contributed by atoms with Crippen LogP contribution in [0.25, 0.3) is 0 Å². The van der Waals surface area contributed by atoms with Crippen LogP contribution in [-0.2, 0) is 6.42 Å². The molecule has 1 heterocycles. The van der Waals surface area contributed by atoms with Gasteiger partial charge in [0.1, 0.15) is 11.4 Å². The zero-order chi connectivity index (χ0) is 18.4. The zero-order valence-corrected chi connectivity index (χ0v) is 14.5. The number of rotatable bonds is 8. The molecule has 0 saturated carbocycles. The molecule has 0 aliphatic carbocycles. The third-order valence-corrected chi connectivity index (χ3v) is 3.73. The summed E-state index contributed by atoms with van der Waals surface area (Å²) in [6, 6.07) is 7.00. The number of amides is 1. The van der Waals surface area contributed by atoms with Gasteiger partial charge >= 0.3 is 5.69 Å². The Morgan fingerprint density at radius 3 is 2.84 bits per heavy atom. The molecule has 0 saturated heterocycles. The lowest BCUT2D eigenvalue weighted by Crippen LogP contribution is -2.27. The summed E-state index contributed by atoms with van der Waals surface area (Å²) in [6.07, 6.45) is 1.17. The minimum absolute atomic E-state index is 0.193. The number of carbonyl (C=O) groups excluding carboxylic acids is 1. The smallest absolute Gasteiger partial charge is 0.322 e. The maximum atomic E-state index is 12.5. The van der Waals surface area contributed by atoms with E-state index in [1.165, 1.54) is 0 Å².